The van der Waals surface area contributed by atoms with E-state index < -0.39 is 45.8 Å². The Morgan fingerprint density at radius 3 is 2.05 bits per heavy atom. The van der Waals surface area contributed by atoms with Crippen molar-refractivity contribution in [1.29, 1.82) is 0 Å². The highest BCUT2D eigenvalue weighted by Crippen LogP contribution is 2.22. The van der Waals surface area contributed by atoms with E-state index in [-0.39, 0.29) is 22.4 Å². The highest BCUT2D eigenvalue weighted by molar-refractivity contribution is 7.92. The highest BCUT2D eigenvalue weighted by Gasteiger charge is 2.27. The molecule has 0 radical (unpaired) electrons. The molecule has 232 valence electrons. The number of anilines is 1. The van der Waals surface area contributed by atoms with Crippen LogP contribution >= 0.6 is 0 Å². The Bertz CT molecular complexity index is 1510. The summed E-state index contributed by atoms with van der Waals surface area (Å²) >= 11 is 0. The number of nitrogens with zero attached hydrogens (tertiary/aromatic N) is 1. The molecule has 9 nitrogen and oxygen atoms in total. The van der Waals surface area contributed by atoms with Crippen molar-refractivity contribution in [3.8, 4) is 0 Å². The maximum atomic E-state index is 13.7. The first kappa shape index (κ1) is 33.7. The van der Waals surface area contributed by atoms with Gasteiger partial charge in [-0.1, -0.05) is 42.5 Å². The van der Waals surface area contributed by atoms with E-state index in [1.54, 1.807) is 19.1 Å². The van der Waals surface area contributed by atoms with E-state index >= 15 is 0 Å². The van der Waals surface area contributed by atoms with E-state index in [4.69, 9.17) is 0 Å². The van der Waals surface area contributed by atoms with E-state index in [0.717, 1.165) is 16.1 Å². The minimum atomic E-state index is -3.72. The van der Waals surface area contributed by atoms with E-state index in [0.29, 0.717) is 18.5 Å². The van der Waals surface area contributed by atoms with Gasteiger partial charge in [-0.05, 0) is 75.6 Å². The molecule has 0 aliphatic rings. The zero-order valence-corrected chi connectivity index (χ0v) is 26.3. The number of aliphatic hydroxyl groups excluding tert-OH is 1. The third-order valence-electron chi connectivity index (χ3n) is 7.07. The van der Waals surface area contributed by atoms with Crippen LogP contribution in [0.4, 0.5) is 10.1 Å². The van der Waals surface area contributed by atoms with Crippen molar-refractivity contribution in [2.45, 2.75) is 57.8 Å². The molecule has 3 unspecified atom stereocenters. The zero-order chi connectivity index (χ0) is 31.9. The second-order valence-electron chi connectivity index (χ2n) is 11.9. The van der Waals surface area contributed by atoms with E-state index in [2.05, 4.69) is 10.6 Å². The summed E-state index contributed by atoms with van der Waals surface area (Å²) in [4.78, 5) is 27.0. The number of carbonyl (C=O) groups excluding carboxylic acids is 2. The fraction of sp³-hybridized carbons (Fsp3) is 0.375. The van der Waals surface area contributed by atoms with Gasteiger partial charge >= 0.3 is 0 Å². The number of rotatable bonds is 12. The molecule has 3 aromatic carbocycles. The summed E-state index contributed by atoms with van der Waals surface area (Å²) in [6.45, 7) is 8.15. The average molecular weight is 614 g/mol. The Balaban J connectivity index is 1.94. The molecule has 3 rings (SSSR count). The van der Waals surface area contributed by atoms with Gasteiger partial charge in [0.1, 0.15) is 18.5 Å². The SMILES string of the molecule is CC(NC(=O)c1cc(C(=O)NC(Cc2ccccc2)C(O)C[NH2+]C(C)(C)C)cc(N(C)S(C)(=O)=O)c1)c1ccc(F)cc1. The Labute approximate surface area is 253 Å². The standard InChI is InChI=1S/C32H41FN4O5S/c1-21(23-12-14-26(33)15-13-23)35-30(39)24-17-25(19-27(18-24)37(5)43(6,41)42)31(40)36-28(16-22-10-8-7-9-11-22)29(38)20-34-32(2,3)4/h7-15,17-19,21,28-29,34,38H,16,20H2,1-6H3,(H,35,39)(H,36,40)/p+1. The summed E-state index contributed by atoms with van der Waals surface area (Å²) in [7, 11) is -2.39. The number of hydrogen-bond donors (Lipinski definition) is 4. The summed E-state index contributed by atoms with van der Waals surface area (Å²) in [5.74, 6) is -1.52. The summed E-state index contributed by atoms with van der Waals surface area (Å²) in [6.07, 6.45) is 0.482. The van der Waals surface area contributed by atoms with Crippen molar-refractivity contribution in [1.82, 2.24) is 10.6 Å². The van der Waals surface area contributed by atoms with Crippen LogP contribution in [0, 0.1) is 5.82 Å². The first-order valence-electron chi connectivity index (χ1n) is 14.1. The van der Waals surface area contributed by atoms with Crippen LogP contribution in [-0.4, -0.2) is 62.9 Å². The van der Waals surface area contributed by atoms with Crippen molar-refractivity contribution in [2.75, 3.05) is 24.2 Å². The molecule has 11 heteroatoms. The van der Waals surface area contributed by atoms with Crippen LogP contribution < -0.4 is 20.3 Å². The lowest BCUT2D eigenvalue weighted by Crippen LogP contribution is -2.96. The van der Waals surface area contributed by atoms with Crippen molar-refractivity contribution < 1.29 is 32.8 Å². The molecule has 0 heterocycles. The predicted octanol–water partition coefficient (Wildman–Crippen LogP) is 2.78. The van der Waals surface area contributed by atoms with E-state index in [1.807, 2.05) is 56.4 Å². The van der Waals surface area contributed by atoms with Crippen LogP contribution in [0.25, 0.3) is 0 Å². The normalized spacial score (nSPS) is 14.0. The fourth-order valence-corrected chi connectivity index (χ4v) is 4.89. The highest BCUT2D eigenvalue weighted by atomic mass is 32.2. The first-order chi connectivity index (χ1) is 20.0. The zero-order valence-electron chi connectivity index (χ0n) is 25.5. The number of amides is 2. The number of benzene rings is 3. The fourth-order valence-electron chi connectivity index (χ4n) is 4.40. The van der Waals surface area contributed by atoms with Crippen molar-refractivity contribution in [2.24, 2.45) is 0 Å². The van der Waals surface area contributed by atoms with Crippen LogP contribution in [0.3, 0.4) is 0 Å². The second-order valence-corrected chi connectivity index (χ2v) is 13.9. The monoisotopic (exact) mass is 613 g/mol. The summed E-state index contributed by atoms with van der Waals surface area (Å²) < 4.78 is 39.1. The van der Waals surface area contributed by atoms with Crippen LogP contribution in [0.2, 0.25) is 0 Å². The van der Waals surface area contributed by atoms with Crippen molar-refractivity contribution in [3.05, 3.63) is 101 Å². The maximum Gasteiger partial charge on any atom is 0.251 e. The molecule has 0 saturated carbocycles. The molecule has 0 aliphatic carbocycles. The molecular formula is C32H42FN4O5S+. The third kappa shape index (κ3) is 10.2. The van der Waals surface area contributed by atoms with Crippen LogP contribution in [-0.2, 0) is 16.4 Å². The molecule has 0 aromatic heterocycles. The van der Waals surface area contributed by atoms with Gasteiger partial charge in [-0.25, -0.2) is 12.8 Å². The topological polar surface area (TPSA) is 132 Å². The van der Waals surface area contributed by atoms with Gasteiger partial charge in [-0.15, -0.1) is 0 Å². The molecule has 0 saturated heterocycles. The molecule has 3 atom stereocenters. The number of hydrogen-bond acceptors (Lipinski definition) is 5. The minimum Gasteiger partial charge on any atom is -0.385 e. The number of nitrogens with two attached hydrogens (primary N) is 1. The minimum absolute atomic E-state index is 0.0534. The number of halogens is 1. The number of carbonyl (C=O) groups is 2. The lowest BCUT2D eigenvalue weighted by atomic mass is 9.99. The van der Waals surface area contributed by atoms with Crippen LogP contribution in [0.5, 0.6) is 0 Å². The van der Waals surface area contributed by atoms with Crippen molar-refractivity contribution in [3.63, 3.8) is 0 Å². The summed E-state index contributed by atoms with van der Waals surface area (Å²) in [5, 5.41) is 18.9. The Hall–Kier alpha value is -3.80. The largest absolute Gasteiger partial charge is 0.385 e. The molecule has 0 bridgehead atoms. The summed E-state index contributed by atoms with van der Waals surface area (Å²) in [6, 6.07) is 18.2. The van der Waals surface area contributed by atoms with Gasteiger partial charge in [0.2, 0.25) is 10.0 Å². The lowest BCUT2D eigenvalue weighted by Gasteiger charge is -2.27. The first-order valence-corrected chi connectivity index (χ1v) is 15.9. The van der Waals surface area contributed by atoms with Gasteiger partial charge in [-0.3, -0.25) is 13.9 Å². The van der Waals surface area contributed by atoms with Crippen LogP contribution in [0.15, 0.2) is 72.8 Å². The van der Waals surface area contributed by atoms with Gasteiger partial charge in [0.05, 0.1) is 29.6 Å². The lowest BCUT2D eigenvalue weighted by molar-refractivity contribution is -0.722. The number of quaternary nitrogens is 1. The Kier molecular flexibility index (Phi) is 11.1. The molecular weight excluding hydrogens is 571 g/mol. The average Bonchev–Trinajstić information content (AvgIpc) is 2.94. The van der Waals surface area contributed by atoms with E-state index in [9.17, 15) is 27.5 Å². The van der Waals surface area contributed by atoms with Crippen LogP contribution in [0.1, 0.15) is 65.6 Å². The van der Waals surface area contributed by atoms with Crippen molar-refractivity contribution >= 4 is 27.5 Å². The Morgan fingerprint density at radius 2 is 1.51 bits per heavy atom. The molecule has 2 amide bonds. The van der Waals surface area contributed by atoms with Gasteiger partial charge in [-0.2, -0.15) is 0 Å². The maximum absolute atomic E-state index is 13.7. The molecule has 0 spiro atoms. The number of sulfonamides is 1. The van der Waals surface area contributed by atoms with Gasteiger partial charge in [0.25, 0.3) is 11.8 Å². The third-order valence-corrected chi connectivity index (χ3v) is 8.28. The molecule has 0 fully saturated rings. The quantitative estimate of drug-likeness (QED) is 0.250. The van der Waals surface area contributed by atoms with Gasteiger partial charge in [0.15, 0.2) is 0 Å². The molecule has 3 aromatic rings. The molecule has 0 aliphatic heterocycles. The van der Waals surface area contributed by atoms with E-state index in [1.165, 1.54) is 37.4 Å². The molecule has 5 N–H and O–H groups in total. The number of aliphatic hydroxyl groups is 1. The molecule has 43 heavy (non-hydrogen) atoms. The predicted molar refractivity (Wildman–Crippen MR) is 166 cm³/mol. The smallest absolute Gasteiger partial charge is 0.251 e. The van der Waals surface area contributed by atoms with Gasteiger partial charge < -0.3 is 21.1 Å². The Morgan fingerprint density at radius 1 is 0.953 bits per heavy atom. The second kappa shape index (κ2) is 14.1. The summed E-state index contributed by atoms with van der Waals surface area (Å²) in [5.41, 5.74) is 1.69. The van der Waals surface area contributed by atoms with Gasteiger partial charge in [0, 0.05) is 18.2 Å². The number of nitrogens with one attached hydrogen (secondary N) is 2.